The Labute approximate surface area is 114 Å². The maximum Gasteiger partial charge on any atom is 0.220 e. The molecule has 1 aromatic rings. The Hall–Kier alpha value is -1.35. The van der Waals surface area contributed by atoms with E-state index in [0.717, 1.165) is 19.3 Å². The minimum absolute atomic E-state index is 0.112. The fourth-order valence-electron chi connectivity index (χ4n) is 3.15. The van der Waals surface area contributed by atoms with E-state index in [2.05, 4.69) is 29.6 Å². The summed E-state index contributed by atoms with van der Waals surface area (Å²) < 4.78 is 0. The monoisotopic (exact) mass is 258 g/mol. The molecule has 1 amide bonds. The van der Waals surface area contributed by atoms with Crippen LogP contribution in [0.5, 0.6) is 0 Å². The molecule has 0 bridgehead atoms. The molecule has 2 atom stereocenters. The van der Waals surface area contributed by atoms with Crippen LogP contribution in [0.3, 0.4) is 0 Å². The molecule has 3 heteroatoms. The minimum atomic E-state index is 0.112. The van der Waals surface area contributed by atoms with Crippen LogP contribution in [-0.4, -0.2) is 18.5 Å². The van der Waals surface area contributed by atoms with Crippen LogP contribution in [0.1, 0.15) is 43.6 Å². The molecular weight excluding hydrogens is 236 g/mol. The lowest BCUT2D eigenvalue weighted by molar-refractivity contribution is -0.124. The fourth-order valence-corrected chi connectivity index (χ4v) is 3.15. The summed E-state index contributed by atoms with van der Waals surface area (Å²) in [5.41, 5.74) is 7.25. The van der Waals surface area contributed by atoms with Gasteiger partial charge in [-0.15, -0.1) is 0 Å². The van der Waals surface area contributed by atoms with E-state index >= 15 is 0 Å². The van der Waals surface area contributed by atoms with E-state index in [9.17, 15) is 4.79 Å². The number of nitrogens with one attached hydrogen (secondary N) is 1. The molecule has 0 saturated heterocycles. The Morgan fingerprint density at radius 2 is 2.05 bits per heavy atom. The molecule has 0 radical (unpaired) electrons. The van der Waals surface area contributed by atoms with Crippen molar-refractivity contribution in [2.75, 3.05) is 6.54 Å². The van der Waals surface area contributed by atoms with E-state index in [1.807, 2.05) is 6.07 Å². The summed E-state index contributed by atoms with van der Waals surface area (Å²) in [6.07, 6.45) is 5.14. The van der Waals surface area contributed by atoms with Crippen LogP contribution in [0.15, 0.2) is 30.3 Å². The Balaban J connectivity index is 1.50. The molecule has 2 fully saturated rings. The van der Waals surface area contributed by atoms with E-state index in [4.69, 9.17) is 5.73 Å². The van der Waals surface area contributed by atoms with Gasteiger partial charge in [-0.3, -0.25) is 4.79 Å². The van der Waals surface area contributed by atoms with Crippen LogP contribution >= 0.6 is 0 Å². The van der Waals surface area contributed by atoms with Crippen LogP contribution in [0.2, 0.25) is 0 Å². The third kappa shape index (κ3) is 2.66. The smallest absolute Gasteiger partial charge is 0.220 e. The summed E-state index contributed by atoms with van der Waals surface area (Å²) in [6, 6.07) is 10.8. The predicted molar refractivity (Wildman–Crippen MR) is 75.7 cm³/mol. The third-order valence-corrected chi connectivity index (χ3v) is 4.75. The summed E-state index contributed by atoms with van der Waals surface area (Å²) in [4.78, 5) is 12.1. The van der Waals surface area contributed by atoms with Crippen molar-refractivity contribution in [2.24, 2.45) is 11.1 Å². The molecule has 2 unspecified atom stereocenters. The van der Waals surface area contributed by atoms with Gasteiger partial charge in [-0.25, -0.2) is 0 Å². The van der Waals surface area contributed by atoms with Crippen molar-refractivity contribution in [2.45, 2.75) is 44.1 Å². The van der Waals surface area contributed by atoms with Gasteiger partial charge in [0.15, 0.2) is 0 Å². The number of hydrogen-bond acceptors (Lipinski definition) is 2. The Bertz CT molecular complexity index is 448. The molecule has 0 heterocycles. The van der Waals surface area contributed by atoms with Gasteiger partial charge < -0.3 is 11.1 Å². The summed E-state index contributed by atoms with van der Waals surface area (Å²) in [6.45, 7) is 0.646. The highest BCUT2D eigenvalue weighted by Gasteiger charge is 2.42. The average molecular weight is 258 g/mol. The summed E-state index contributed by atoms with van der Waals surface area (Å²) in [5.74, 6) is 0.703. The second-order valence-electron chi connectivity index (χ2n) is 6.16. The van der Waals surface area contributed by atoms with Gasteiger partial charge in [-0.1, -0.05) is 36.8 Å². The lowest BCUT2D eigenvalue weighted by atomic mass is 9.66. The molecule has 2 saturated carbocycles. The van der Waals surface area contributed by atoms with Gasteiger partial charge in [0.25, 0.3) is 0 Å². The zero-order chi connectivity index (χ0) is 13.3. The first-order valence-electron chi connectivity index (χ1n) is 7.27. The van der Waals surface area contributed by atoms with Crippen molar-refractivity contribution in [3.8, 4) is 0 Å². The Morgan fingerprint density at radius 3 is 2.63 bits per heavy atom. The topological polar surface area (TPSA) is 55.1 Å². The van der Waals surface area contributed by atoms with Crippen molar-refractivity contribution in [3.63, 3.8) is 0 Å². The molecule has 0 aliphatic heterocycles. The van der Waals surface area contributed by atoms with Gasteiger partial charge in [0.1, 0.15) is 0 Å². The fraction of sp³-hybridized carbons (Fsp3) is 0.562. The van der Waals surface area contributed by atoms with Gasteiger partial charge in [-0.2, -0.15) is 0 Å². The van der Waals surface area contributed by atoms with Gasteiger partial charge in [0, 0.05) is 18.4 Å². The molecule has 102 valence electrons. The number of amides is 1. The highest BCUT2D eigenvalue weighted by molar-refractivity contribution is 5.77. The molecule has 3 N–H and O–H groups in total. The standard InChI is InChI=1S/C16H22N2O/c17-11-16(7-4-8-16)10-15(19)18-14-9-13(14)12-5-2-1-3-6-12/h1-3,5-6,13-14H,4,7-11,17H2,(H,18,19). The molecule has 0 spiro atoms. The van der Waals surface area contributed by atoms with E-state index in [-0.39, 0.29) is 11.3 Å². The minimum Gasteiger partial charge on any atom is -0.353 e. The molecule has 19 heavy (non-hydrogen) atoms. The number of nitrogens with two attached hydrogens (primary N) is 1. The predicted octanol–water partition coefficient (Wildman–Crippen LogP) is 2.18. The number of benzene rings is 1. The third-order valence-electron chi connectivity index (χ3n) is 4.75. The van der Waals surface area contributed by atoms with Crippen molar-refractivity contribution < 1.29 is 4.79 Å². The number of carbonyl (C=O) groups excluding carboxylic acids is 1. The van der Waals surface area contributed by atoms with Crippen molar-refractivity contribution >= 4 is 5.91 Å². The number of carbonyl (C=O) groups is 1. The second kappa shape index (κ2) is 4.97. The maximum atomic E-state index is 12.1. The van der Waals surface area contributed by atoms with Crippen molar-refractivity contribution in [3.05, 3.63) is 35.9 Å². The SMILES string of the molecule is NCC1(CC(=O)NC2CC2c2ccccc2)CCC1. The maximum absolute atomic E-state index is 12.1. The first-order valence-corrected chi connectivity index (χ1v) is 7.27. The van der Waals surface area contributed by atoms with E-state index in [0.29, 0.717) is 24.9 Å². The van der Waals surface area contributed by atoms with E-state index in [1.165, 1.54) is 12.0 Å². The van der Waals surface area contributed by atoms with Crippen LogP contribution in [0.4, 0.5) is 0 Å². The average Bonchev–Trinajstić information content (AvgIpc) is 3.14. The first-order chi connectivity index (χ1) is 9.22. The zero-order valence-corrected chi connectivity index (χ0v) is 11.3. The summed E-state index contributed by atoms with van der Waals surface area (Å²) in [7, 11) is 0. The van der Waals surface area contributed by atoms with Crippen molar-refractivity contribution in [1.82, 2.24) is 5.32 Å². The van der Waals surface area contributed by atoms with Gasteiger partial charge in [0.2, 0.25) is 5.91 Å². The number of hydrogen-bond donors (Lipinski definition) is 2. The van der Waals surface area contributed by atoms with E-state index in [1.54, 1.807) is 0 Å². The van der Waals surface area contributed by atoms with Gasteiger partial charge in [0.05, 0.1) is 0 Å². The largest absolute Gasteiger partial charge is 0.353 e. The number of rotatable bonds is 5. The lowest BCUT2D eigenvalue weighted by Gasteiger charge is -2.40. The molecule has 3 nitrogen and oxygen atoms in total. The molecule has 2 aliphatic carbocycles. The molecule has 1 aromatic carbocycles. The molecule has 0 aromatic heterocycles. The molecular formula is C16H22N2O. The normalized spacial score (nSPS) is 27.4. The van der Waals surface area contributed by atoms with E-state index < -0.39 is 0 Å². The lowest BCUT2D eigenvalue weighted by Crippen LogP contribution is -2.42. The highest BCUT2D eigenvalue weighted by atomic mass is 16.1. The van der Waals surface area contributed by atoms with Gasteiger partial charge in [-0.05, 0) is 36.8 Å². The Morgan fingerprint density at radius 1 is 1.32 bits per heavy atom. The molecule has 3 rings (SSSR count). The van der Waals surface area contributed by atoms with Crippen LogP contribution < -0.4 is 11.1 Å². The second-order valence-corrected chi connectivity index (χ2v) is 6.16. The van der Waals surface area contributed by atoms with Crippen molar-refractivity contribution in [1.29, 1.82) is 0 Å². The van der Waals surface area contributed by atoms with Crippen LogP contribution in [0, 0.1) is 5.41 Å². The van der Waals surface area contributed by atoms with Gasteiger partial charge >= 0.3 is 0 Å². The quantitative estimate of drug-likeness (QED) is 0.850. The Kier molecular flexibility index (Phi) is 3.31. The molecule has 2 aliphatic rings. The summed E-state index contributed by atoms with van der Waals surface area (Å²) >= 11 is 0. The zero-order valence-electron chi connectivity index (χ0n) is 11.3. The van der Waals surface area contributed by atoms with Crippen LogP contribution in [0.25, 0.3) is 0 Å². The highest BCUT2D eigenvalue weighted by Crippen LogP contribution is 2.44. The first kappa shape index (κ1) is 12.7. The summed E-state index contributed by atoms with van der Waals surface area (Å²) in [5, 5.41) is 3.17. The van der Waals surface area contributed by atoms with Crippen LogP contribution in [-0.2, 0) is 4.79 Å².